The smallest absolute Gasteiger partial charge is 0.308 e. The summed E-state index contributed by atoms with van der Waals surface area (Å²) < 4.78 is 11.7. The van der Waals surface area contributed by atoms with Crippen LogP contribution < -0.4 is 9.47 Å². The van der Waals surface area contributed by atoms with Crippen molar-refractivity contribution in [1.82, 2.24) is 14.9 Å². The number of ether oxygens (including phenoxy) is 2. The van der Waals surface area contributed by atoms with Crippen LogP contribution in [0.3, 0.4) is 0 Å². The highest BCUT2D eigenvalue weighted by molar-refractivity contribution is 5.88. The number of aromatic nitrogens is 2. The molecule has 0 radical (unpaired) electrons. The van der Waals surface area contributed by atoms with Gasteiger partial charge in [0.15, 0.2) is 5.82 Å². The number of nitrogens with zero attached hydrogens (tertiary/aromatic N) is 3. The maximum absolute atomic E-state index is 13.8. The summed E-state index contributed by atoms with van der Waals surface area (Å²) in [5, 5.41) is 9.52. The first-order valence-corrected chi connectivity index (χ1v) is 19.2. The minimum atomic E-state index is -0.896. The molecule has 0 saturated carbocycles. The Balaban J connectivity index is 1.20. The lowest BCUT2D eigenvalue weighted by atomic mass is 9.90. The zero-order chi connectivity index (χ0) is 37.4. The second-order valence-corrected chi connectivity index (χ2v) is 14.1. The summed E-state index contributed by atoms with van der Waals surface area (Å²) in [6.07, 6.45) is 12.7. The Hall–Kier alpha value is -5.05. The third-order valence-electron chi connectivity index (χ3n) is 9.81. The average Bonchev–Trinajstić information content (AvgIpc) is 3.68. The maximum Gasteiger partial charge on any atom is 0.308 e. The number of rotatable bonds is 21. The van der Waals surface area contributed by atoms with Gasteiger partial charge in [-0.2, -0.15) is 0 Å². The predicted molar refractivity (Wildman–Crippen MR) is 207 cm³/mol. The molecule has 2 atom stereocenters. The molecule has 0 bridgehead atoms. The molecule has 53 heavy (non-hydrogen) atoms. The topological polar surface area (TPSA) is 119 Å². The van der Waals surface area contributed by atoms with Crippen molar-refractivity contribution in [3.8, 4) is 34.0 Å². The largest absolute Gasteiger partial charge is 0.494 e. The Morgan fingerprint density at radius 2 is 1.32 bits per heavy atom. The van der Waals surface area contributed by atoms with E-state index >= 15 is 0 Å². The lowest BCUT2D eigenvalue weighted by Gasteiger charge is -2.23. The minimum absolute atomic E-state index is 0.0398. The van der Waals surface area contributed by atoms with Gasteiger partial charge in [-0.05, 0) is 66.6 Å². The van der Waals surface area contributed by atoms with Crippen molar-refractivity contribution in [2.24, 2.45) is 11.8 Å². The molecule has 5 rings (SSSR count). The van der Waals surface area contributed by atoms with Gasteiger partial charge in [-0.15, -0.1) is 0 Å². The van der Waals surface area contributed by atoms with Crippen LogP contribution in [-0.2, 0) is 27.2 Å². The van der Waals surface area contributed by atoms with Crippen LogP contribution in [0.25, 0.3) is 22.5 Å². The molecule has 280 valence electrons. The van der Waals surface area contributed by atoms with Gasteiger partial charge in [0.25, 0.3) is 0 Å². The molecule has 1 aromatic heterocycles. The van der Waals surface area contributed by atoms with Crippen LogP contribution in [0.1, 0.15) is 82.8 Å². The van der Waals surface area contributed by atoms with Gasteiger partial charge in [-0.3, -0.25) is 14.4 Å². The zero-order valence-electron chi connectivity index (χ0n) is 31.2. The SMILES string of the molecule is CCCCCCCOc1ccc(-c2cnc(-c3ccc(C[C@H](CC(=O)Cc4ccc(OCCCC)cc4)C(=O)N4CC[C@H](C(=O)O)C4)cc3)nc2)cc1. The van der Waals surface area contributed by atoms with Gasteiger partial charge in [0.05, 0.1) is 19.1 Å². The molecule has 1 aliphatic rings. The Bertz CT molecular complexity index is 1740. The molecule has 9 heteroatoms. The van der Waals surface area contributed by atoms with E-state index in [1.165, 1.54) is 25.7 Å². The Kier molecular flexibility index (Phi) is 15.0. The number of carbonyl (C=O) groups is 3. The van der Waals surface area contributed by atoms with E-state index in [0.717, 1.165) is 65.2 Å². The van der Waals surface area contributed by atoms with Crippen LogP contribution >= 0.6 is 0 Å². The number of carboxylic acids is 1. The molecule has 1 N–H and O–H groups in total. The average molecular weight is 720 g/mol. The zero-order valence-corrected chi connectivity index (χ0v) is 31.2. The van der Waals surface area contributed by atoms with Crippen molar-refractivity contribution in [2.45, 2.75) is 84.5 Å². The number of hydrogen-bond donors (Lipinski definition) is 1. The van der Waals surface area contributed by atoms with Crippen LogP contribution in [0.2, 0.25) is 0 Å². The number of unbranched alkanes of at least 4 members (excludes halogenated alkanes) is 5. The third-order valence-corrected chi connectivity index (χ3v) is 9.81. The van der Waals surface area contributed by atoms with Crippen LogP contribution in [0.5, 0.6) is 11.5 Å². The number of amides is 1. The molecule has 1 fully saturated rings. The van der Waals surface area contributed by atoms with Gasteiger partial charge >= 0.3 is 5.97 Å². The first-order valence-electron chi connectivity index (χ1n) is 19.2. The number of aliphatic carboxylic acids is 1. The molecule has 1 amide bonds. The minimum Gasteiger partial charge on any atom is -0.494 e. The van der Waals surface area contributed by atoms with Gasteiger partial charge in [-0.1, -0.05) is 94.5 Å². The standard InChI is InChI=1S/C44H53N3O6/c1-3-5-7-8-9-25-53-41-20-16-34(17-21-41)38-29-45-42(46-30-38)35-14-10-32(11-15-35)26-37(43(49)47-23-22-36(31-47)44(50)51)28-39(48)27-33-12-18-40(19-13-33)52-24-6-4-2/h10-21,29-30,36-37H,3-9,22-28,31H2,1-2H3,(H,50,51)/t36-,37+/m0/s1. The fraction of sp³-hybridized carbons (Fsp3) is 0.432. The predicted octanol–water partition coefficient (Wildman–Crippen LogP) is 8.63. The van der Waals surface area contributed by atoms with E-state index in [2.05, 4.69) is 23.8 Å². The van der Waals surface area contributed by atoms with Crippen molar-refractivity contribution >= 4 is 17.7 Å². The summed E-state index contributed by atoms with van der Waals surface area (Å²) in [5.74, 6) is -0.0734. The summed E-state index contributed by atoms with van der Waals surface area (Å²) >= 11 is 0. The first-order chi connectivity index (χ1) is 25.8. The molecule has 1 saturated heterocycles. The van der Waals surface area contributed by atoms with E-state index in [0.29, 0.717) is 31.8 Å². The fourth-order valence-electron chi connectivity index (χ4n) is 6.62. The number of benzene rings is 3. The Morgan fingerprint density at radius 1 is 0.736 bits per heavy atom. The first kappa shape index (κ1) is 39.2. The summed E-state index contributed by atoms with van der Waals surface area (Å²) in [6.45, 7) is 6.26. The fourth-order valence-corrected chi connectivity index (χ4v) is 6.62. The highest BCUT2D eigenvalue weighted by Crippen LogP contribution is 2.26. The van der Waals surface area contributed by atoms with Crippen molar-refractivity contribution in [3.05, 3.63) is 96.3 Å². The third kappa shape index (κ3) is 12.0. The number of Topliss-reactive ketones (excluding diaryl/α,β-unsaturated/α-hetero) is 1. The molecule has 0 spiro atoms. The Labute approximate surface area is 313 Å². The summed E-state index contributed by atoms with van der Waals surface area (Å²) in [6, 6.07) is 23.3. The summed E-state index contributed by atoms with van der Waals surface area (Å²) in [7, 11) is 0. The molecule has 2 heterocycles. The summed E-state index contributed by atoms with van der Waals surface area (Å²) in [5.41, 5.74) is 4.52. The van der Waals surface area contributed by atoms with E-state index in [1.807, 2.05) is 85.2 Å². The van der Waals surface area contributed by atoms with Crippen molar-refractivity contribution < 1.29 is 29.0 Å². The normalized spacial score (nSPS) is 14.5. The maximum atomic E-state index is 13.8. The van der Waals surface area contributed by atoms with Crippen molar-refractivity contribution in [3.63, 3.8) is 0 Å². The van der Waals surface area contributed by atoms with Gasteiger partial charge in [-0.25, -0.2) is 9.97 Å². The molecule has 3 aromatic carbocycles. The second kappa shape index (κ2) is 20.3. The van der Waals surface area contributed by atoms with Crippen molar-refractivity contribution in [1.29, 1.82) is 0 Å². The van der Waals surface area contributed by atoms with Gasteiger partial charge < -0.3 is 19.5 Å². The molecule has 4 aromatic rings. The lowest BCUT2D eigenvalue weighted by molar-refractivity contribution is -0.142. The number of carboxylic acid groups (broad SMARTS) is 1. The molecular formula is C44H53N3O6. The molecular weight excluding hydrogens is 666 g/mol. The van der Waals surface area contributed by atoms with Crippen molar-refractivity contribution in [2.75, 3.05) is 26.3 Å². The van der Waals surface area contributed by atoms with Crippen LogP contribution in [0.4, 0.5) is 0 Å². The quantitative estimate of drug-likeness (QED) is 0.0851. The molecule has 0 aliphatic carbocycles. The highest BCUT2D eigenvalue weighted by atomic mass is 16.5. The molecule has 1 aliphatic heterocycles. The van der Waals surface area contributed by atoms with Gasteiger partial charge in [0.1, 0.15) is 17.3 Å². The Morgan fingerprint density at radius 3 is 1.94 bits per heavy atom. The number of likely N-dealkylation sites (tertiary alicyclic amines) is 1. The van der Waals surface area contributed by atoms with E-state index < -0.39 is 17.8 Å². The van der Waals surface area contributed by atoms with Gasteiger partial charge in [0.2, 0.25) is 5.91 Å². The number of carbonyl (C=O) groups excluding carboxylic acids is 2. The number of ketones is 1. The van der Waals surface area contributed by atoms with E-state index in [1.54, 1.807) is 4.90 Å². The molecule has 0 unspecified atom stereocenters. The van der Waals surface area contributed by atoms with E-state index in [-0.39, 0.29) is 31.1 Å². The van der Waals surface area contributed by atoms with Gasteiger partial charge in [0, 0.05) is 55.4 Å². The van der Waals surface area contributed by atoms with Crippen LogP contribution in [0.15, 0.2) is 85.2 Å². The summed E-state index contributed by atoms with van der Waals surface area (Å²) in [4.78, 5) is 49.6. The monoisotopic (exact) mass is 719 g/mol. The second-order valence-electron chi connectivity index (χ2n) is 14.1. The van der Waals surface area contributed by atoms with E-state index in [4.69, 9.17) is 9.47 Å². The van der Waals surface area contributed by atoms with E-state index in [9.17, 15) is 19.5 Å². The van der Waals surface area contributed by atoms with Crippen LogP contribution in [-0.4, -0.2) is 63.9 Å². The lowest BCUT2D eigenvalue weighted by Crippen LogP contribution is -2.37. The van der Waals surface area contributed by atoms with Crippen LogP contribution in [0, 0.1) is 11.8 Å². The molecule has 9 nitrogen and oxygen atoms in total. The highest BCUT2D eigenvalue weighted by Gasteiger charge is 2.35. The number of hydrogen-bond acceptors (Lipinski definition) is 7.